The summed E-state index contributed by atoms with van der Waals surface area (Å²) >= 11 is 5.96. The molecule has 0 fully saturated rings. The summed E-state index contributed by atoms with van der Waals surface area (Å²) in [6.07, 6.45) is 0.983. The number of nitro groups is 1. The molecule has 0 aliphatic rings. The van der Waals surface area contributed by atoms with Crippen LogP contribution in [0.5, 0.6) is 11.5 Å². The van der Waals surface area contributed by atoms with Crippen molar-refractivity contribution in [3.63, 3.8) is 0 Å². The maximum Gasteiger partial charge on any atom is 0.288 e. The smallest absolute Gasteiger partial charge is 0.288 e. The van der Waals surface area contributed by atoms with Crippen molar-refractivity contribution in [2.24, 2.45) is 0 Å². The second-order valence-electron chi connectivity index (χ2n) is 5.23. The first-order valence-electron chi connectivity index (χ1n) is 7.86. The molecule has 0 spiro atoms. The lowest BCUT2D eigenvalue weighted by Gasteiger charge is -2.22. The summed E-state index contributed by atoms with van der Waals surface area (Å²) in [6.45, 7) is 1.93. The van der Waals surface area contributed by atoms with Gasteiger partial charge in [-0.15, -0.1) is 0 Å². The average Bonchev–Trinajstić information content (AvgIpc) is 2.67. The van der Waals surface area contributed by atoms with Crippen LogP contribution in [-0.2, 0) is 11.4 Å². The maximum absolute atomic E-state index is 12.8. The van der Waals surface area contributed by atoms with Gasteiger partial charge < -0.3 is 9.47 Å². The summed E-state index contributed by atoms with van der Waals surface area (Å²) in [6, 6.07) is 6.18. The molecule has 0 saturated carbocycles. The van der Waals surface area contributed by atoms with Gasteiger partial charge in [0.25, 0.3) is 11.6 Å². The molecule has 0 bridgehead atoms. The van der Waals surface area contributed by atoms with Crippen LogP contribution in [0.1, 0.15) is 22.8 Å². The van der Waals surface area contributed by atoms with Crippen molar-refractivity contribution >= 4 is 23.2 Å². The predicted molar refractivity (Wildman–Crippen MR) is 96.9 cm³/mol. The van der Waals surface area contributed by atoms with Gasteiger partial charge in [0.15, 0.2) is 0 Å². The molecule has 0 unspecified atom stereocenters. The van der Waals surface area contributed by atoms with Gasteiger partial charge in [-0.05, 0) is 19.1 Å². The molecule has 1 heterocycles. The lowest BCUT2D eigenvalue weighted by atomic mass is 10.1. The molecule has 27 heavy (non-hydrogen) atoms. The summed E-state index contributed by atoms with van der Waals surface area (Å²) < 4.78 is 10.5. The van der Waals surface area contributed by atoms with Crippen molar-refractivity contribution in [3.8, 4) is 11.5 Å². The Bertz CT molecular complexity index is 845. The van der Waals surface area contributed by atoms with E-state index in [-0.39, 0.29) is 29.6 Å². The summed E-state index contributed by atoms with van der Waals surface area (Å²) in [4.78, 5) is 32.3. The number of carbonyl (C=O) groups excluding carboxylic acids is 1. The van der Waals surface area contributed by atoms with Gasteiger partial charge in [0.05, 0.1) is 37.9 Å². The summed E-state index contributed by atoms with van der Waals surface area (Å²) in [7, 11) is 3.02. The van der Waals surface area contributed by atoms with Crippen LogP contribution in [0.25, 0.3) is 0 Å². The van der Waals surface area contributed by atoms with E-state index in [0.29, 0.717) is 17.1 Å². The third-order valence-electron chi connectivity index (χ3n) is 3.59. The fourth-order valence-electron chi connectivity index (χ4n) is 2.29. The van der Waals surface area contributed by atoms with E-state index in [2.05, 4.69) is 4.98 Å². The van der Waals surface area contributed by atoms with E-state index >= 15 is 0 Å². The molecule has 9 nitrogen and oxygen atoms in total. The second kappa shape index (κ2) is 9.15. The molecular weight excluding hydrogens is 378 g/mol. The number of benzene rings is 1. The molecule has 0 aliphatic carbocycles. The van der Waals surface area contributed by atoms with Gasteiger partial charge in [-0.1, -0.05) is 11.6 Å². The molecular formula is C17H18ClN3O6. The number of pyridine rings is 1. The highest BCUT2D eigenvalue weighted by atomic mass is 35.5. The minimum Gasteiger partial charge on any atom is -0.497 e. The first-order valence-corrected chi connectivity index (χ1v) is 8.24. The van der Waals surface area contributed by atoms with Crippen molar-refractivity contribution in [1.82, 2.24) is 10.0 Å². The Morgan fingerprint density at radius 3 is 2.63 bits per heavy atom. The van der Waals surface area contributed by atoms with Crippen LogP contribution in [0.4, 0.5) is 5.69 Å². The van der Waals surface area contributed by atoms with Crippen LogP contribution < -0.4 is 9.47 Å². The third-order valence-corrected chi connectivity index (χ3v) is 3.89. The highest BCUT2D eigenvalue weighted by Gasteiger charge is 2.24. The SMILES string of the molecule is CCON(Cc1ccc(OC)cc1OC)C(=O)c1cc([N+](=O)[O-])cnc1Cl. The first kappa shape index (κ1) is 20.4. The van der Waals surface area contributed by atoms with Gasteiger partial charge in [0, 0.05) is 17.7 Å². The molecule has 10 heteroatoms. The number of hydrogen-bond acceptors (Lipinski definition) is 7. The lowest BCUT2D eigenvalue weighted by Crippen LogP contribution is -2.31. The summed E-state index contributed by atoms with van der Waals surface area (Å²) in [5.74, 6) is 0.432. The fourth-order valence-corrected chi connectivity index (χ4v) is 2.47. The van der Waals surface area contributed by atoms with E-state index in [1.54, 1.807) is 25.1 Å². The van der Waals surface area contributed by atoms with Gasteiger partial charge in [-0.3, -0.25) is 19.7 Å². The first-order chi connectivity index (χ1) is 12.9. The van der Waals surface area contributed by atoms with Crippen molar-refractivity contribution < 1.29 is 24.0 Å². The van der Waals surface area contributed by atoms with E-state index < -0.39 is 10.8 Å². The van der Waals surface area contributed by atoms with Crippen molar-refractivity contribution in [2.45, 2.75) is 13.5 Å². The highest BCUT2D eigenvalue weighted by Crippen LogP contribution is 2.27. The standard InChI is InChI=1S/C17H18ClN3O6/c1-4-27-20(10-11-5-6-13(25-2)8-15(11)26-3)17(22)14-7-12(21(23)24)9-19-16(14)18/h5-9H,4,10H2,1-3H3. The Morgan fingerprint density at radius 2 is 2.04 bits per heavy atom. The second-order valence-corrected chi connectivity index (χ2v) is 5.58. The van der Waals surface area contributed by atoms with Crippen LogP contribution in [0.2, 0.25) is 5.15 Å². The number of rotatable bonds is 8. The normalized spacial score (nSPS) is 10.4. The Kier molecular flexibility index (Phi) is 6.91. The quantitative estimate of drug-likeness (QED) is 0.384. The zero-order chi connectivity index (χ0) is 20.0. The number of carbonyl (C=O) groups is 1. The van der Waals surface area contributed by atoms with Crippen LogP contribution in [0, 0.1) is 10.1 Å². The summed E-state index contributed by atoms with van der Waals surface area (Å²) in [5.41, 5.74) is 0.169. The Hall–Kier alpha value is -2.91. The van der Waals surface area contributed by atoms with Crippen molar-refractivity contribution in [2.75, 3.05) is 20.8 Å². The topological polar surface area (TPSA) is 104 Å². The molecule has 1 aromatic carbocycles. The molecule has 0 aliphatic heterocycles. The highest BCUT2D eigenvalue weighted by molar-refractivity contribution is 6.32. The number of ether oxygens (including phenoxy) is 2. The van der Waals surface area contributed by atoms with E-state index in [4.69, 9.17) is 25.9 Å². The number of aromatic nitrogens is 1. The van der Waals surface area contributed by atoms with Gasteiger partial charge in [0.2, 0.25) is 0 Å². The van der Waals surface area contributed by atoms with E-state index in [1.165, 1.54) is 14.2 Å². The number of hydroxylamine groups is 2. The minimum atomic E-state index is -0.657. The van der Waals surface area contributed by atoms with Gasteiger partial charge in [0.1, 0.15) is 22.8 Å². The molecule has 2 aromatic rings. The predicted octanol–water partition coefficient (Wildman–Crippen LogP) is 3.25. The largest absolute Gasteiger partial charge is 0.497 e. The maximum atomic E-state index is 12.8. The van der Waals surface area contributed by atoms with Crippen LogP contribution in [0.15, 0.2) is 30.5 Å². The number of halogens is 1. The Morgan fingerprint density at radius 1 is 1.30 bits per heavy atom. The Balaban J connectivity index is 2.36. The van der Waals surface area contributed by atoms with Gasteiger partial charge in [-0.25, -0.2) is 10.0 Å². The number of nitrogens with zero attached hydrogens (tertiary/aromatic N) is 3. The minimum absolute atomic E-state index is 0.0266. The molecule has 0 N–H and O–H groups in total. The van der Waals surface area contributed by atoms with Crippen molar-refractivity contribution in [1.29, 1.82) is 0 Å². The average molecular weight is 396 g/mol. The van der Waals surface area contributed by atoms with E-state index in [0.717, 1.165) is 17.3 Å². The molecule has 144 valence electrons. The molecule has 0 saturated heterocycles. The molecule has 1 amide bonds. The number of methoxy groups -OCH3 is 2. The number of hydrogen-bond donors (Lipinski definition) is 0. The van der Waals surface area contributed by atoms with Crippen molar-refractivity contribution in [3.05, 3.63) is 56.9 Å². The molecule has 1 aromatic heterocycles. The monoisotopic (exact) mass is 395 g/mol. The van der Waals surface area contributed by atoms with E-state index in [1.807, 2.05) is 0 Å². The molecule has 2 rings (SSSR count). The Labute approximate surface area is 160 Å². The summed E-state index contributed by atoms with van der Waals surface area (Å²) in [5, 5.41) is 11.9. The van der Waals surface area contributed by atoms with Gasteiger partial charge in [-0.2, -0.15) is 0 Å². The lowest BCUT2D eigenvalue weighted by molar-refractivity contribution is -0.385. The fraction of sp³-hybridized carbons (Fsp3) is 0.294. The van der Waals surface area contributed by atoms with Crippen LogP contribution >= 0.6 is 11.6 Å². The van der Waals surface area contributed by atoms with Crippen LogP contribution in [-0.4, -0.2) is 41.7 Å². The zero-order valence-corrected chi connectivity index (χ0v) is 15.7. The third kappa shape index (κ3) is 4.83. The van der Waals surface area contributed by atoms with Gasteiger partial charge >= 0.3 is 0 Å². The van der Waals surface area contributed by atoms with E-state index in [9.17, 15) is 14.9 Å². The molecule has 0 atom stereocenters. The number of amides is 1. The molecule has 0 radical (unpaired) electrons. The zero-order valence-electron chi connectivity index (χ0n) is 15.0. The van der Waals surface area contributed by atoms with Crippen LogP contribution in [0.3, 0.4) is 0 Å².